The lowest BCUT2D eigenvalue weighted by Gasteiger charge is -2.19. The molecule has 0 aromatic carbocycles. The molecular formula is C8H5F6NO3. The van der Waals surface area contributed by atoms with Gasteiger partial charge in [-0.2, -0.15) is 26.3 Å². The van der Waals surface area contributed by atoms with E-state index in [2.05, 4.69) is 9.40 Å². The van der Waals surface area contributed by atoms with Crippen molar-refractivity contribution in [1.82, 2.24) is 4.98 Å². The summed E-state index contributed by atoms with van der Waals surface area (Å²) < 4.78 is 77.7. The van der Waals surface area contributed by atoms with Gasteiger partial charge in [0.05, 0.1) is 5.69 Å². The monoisotopic (exact) mass is 277 g/mol. The Hall–Kier alpha value is -1.74. The van der Waals surface area contributed by atoms with Crippen molar-refractivity contribution in [2.24, 2.45) is 0 Å². The molecule has 0 aliphatic rings. The van der Waals surface area contributed by atoms with Gasteiger partial charge in [-0.15, -0.1) is 0 Å². The second kappa shape index (κ2) is 4.18. The topological polar surface area (TPSA) is 63.3 Å². The third-order valence-corrected chi connectivity index (χ3v) is 1.91. The molecule has 0 amide bonds. The van der Waals surface area contributed by atoms with Crippen LogP contribution in [0.3, 0.4) is 0 Å². The van der Waals surface area contributed by atoms with Gasteiger partial charge < -0.3 is 9.52 Å². The number of aromatic carboxylic acids is 1. The minimum atomic E-state index is -5.68. The number of carboxylic acids is 1. The van der Waals surface area contributed by atoms with E-state index in [1.165, 1.54) is 0 Å². The Morgan fingerprint density at radius 1 is 1.22 bits per heavy atom. The molecule has 1 aromatic heterocycles. The number of nitrogens with zero attached hydrogens (tertiary/aromatic N) is 1. The molecule has 1 N–H and O–H groups in total. The summed E-state index contributed by atoms with van der Waals surface area (Å²) in [4.78, 5) is 13.3. The van der Waals surface area contributed by atoms with Crippen LogP contribution >= 0.6 is 0 Å². The summed E-state index contributed by atoms with van der Waals surface area (Å²) in [7, 11) is 0. The minimum Gasteiger partial charge on any atom is -0.475 e. The Morgan fingerprint density at radius 3 is 1.94 bits per heavy atom. The average molecular weight is 277 g/mol. The van der Waals surface area contributed by atoms with Crippen molar-refractivity contribution in [1.29, 1.82) is 0 Å². The highest BCUT2D eigenvalue weighted by Gasteiger charge is 2.60. The van der Waals surface area contributed by atoms with E-state index in [-0.39, 0.29) is 0 Å². The smallest absolute Gasteiger partial charge is 0.409 e. The number of aryl methyl sites for hydroxylation is 1. The molecule has 0 spiro atoms. The molecule has 0 saturated carbocycles. The SMILES string of the molecule is Cc1nc(C(C(F)(F)F)C(F)(F)F)oc1C(=O)O. The molecule has 1 heterocycles. The maximum atomic E-state index is 12.3. The van der Waals surface area contributed by atoms with Gasteiger partial charge in [-0.3, -0.25) is 0 Å². The number of halogens is 6. The fraction of sp³-hybridized carbons (Fsp3) is 0.500. The Morgan fingerprint density at radius 2 is 1.67 bits per heavy atom. The highest BCUT2D eigenvalue weighted by atomic mass is 19.4. The van der Waals surface area contributed by atoms with Gasteiger partial charge in [0.15, 0.2) is 0 Å². The number of rotatable bonds is 2. The molecule has 4 nitrogen and oxygen atoms in total. The van der Waals surface area contributed by atoms with Crippen molar-refractivity contribution in [3.05, 3.63) is 17.3 Å². The van der Waals surface area contributed by atoms with Crippen molar-refractivity contribution in [3.8, 4) is 0 Å². The Kier molecular flexibility index (Phi) is 3.32. The van der Waals surface area contributed by atoms with Crippen LogP contribution in [0.25, 0.3) is 0 Å². The van der Waals surface area contributed by atoms with E-state index < -0.39 is 41.6 Å². The van der Waals surface area contributed by atoms with Crippen LogP contribution < -0.4 is 0 Å². The number of oxazole rings is 1. The molecule has 0 atom stereocenters. The number of aromatic nitrogens is 1. The van der Waals surface area contributed by atoms with Gasteiger partial charge in [-0.1, -0.05) is 0 Å². The first kappa shape index (κ1) is 14.3. The zero-order chi connectivity index (χ0) is 14.3. The molecule has 0 bridgehead atoms. The van der Waals surface area contributed by atoms with E-state index in [4.69, 9.17) is 5.11 Å². The highest BCUT2D eigenvalue weighted by Crippen LogP contribution is 2.46. The maximum Gasteiger partial charge on any atom is 0.409 e. The molecular weight excluding hydrogens is 272 g/mol. The molecule has 102 valence electrons. The van der Waals surface area contributed by atoms with E-state index in [1.54, 1.807) is 0 Å². The summed E-state index contributed by atoms with van der Waals surface area (Å²) in [6, 6.07) is 0. The van der Waals surface area contributed by atoms with Crippen molar-refractivity contribution in [3.63, 3.8) is 0 Å². The van der Waals surface area contributed by atoms with Gasteiger partial charge in [-0.05, 0) is 6.92 Å². The molecule has 0 fully saturated rings. The van der Waals surface area contributed by atoms with Crippen LogP contribution in [0.5, 0.6) is 0 Å². The largest absolute Gasteiger partial charge is 0.475 e. The van der Waals surface area contributed by atoms with Crippen molar-refractivity contribution in [2.45, 2.75) is 25.2 Å². The van der Waals surface area contributed by atoms with Gasteiger partial charge in [0, 0.05) is 0 Å². The van der Waals surface area contributed by atoms with E-state index in [9.17, 15) is 31.1 Å². The van der Waals surface area contributed by atoms with Crippen LogP contribution in [0, 0.1) is 6.92 Å². The molecule has 18 heavy (non-hydrogen) atoms. The molecule has 0 aliphatic heterocycles. The fourth-order valence-electron chi connectivity index (χ4n) is 1.20. The Labute approximate surface area is 95.2 Å². The predicted octanol–water partition coefficient (Wildman–Crippen LogP) is 2.89. The normalized spacial score (nSPS) is 13.1. The maximum absolute atomic E-state index is 12.3. The predicted molar refractivity (Wildman–Crippen MR) is 43.1 cm³/mol. The van der Waals surface area contributed by atoms with E-state index in [0.717, 1.165) is 6.92 Å². The van der Waals surface area contributed by atoms with Crippen LogP contribution in [0.1, 0.15) is 28.1 Å². The summed E-state index contributed by atoms with van der Waals surface area (Å²) in [5.74, 6) is -8.53. The molecule has 1 rings (SSSR count). The lowest BCUT2D eigenvalue weighted by atomic mass is 10.1. The molecule has 0 saturated heterocycles. The van der Waals surface area contributed by atoms with Crippen LogP contribution in [0.15, 0.2) is 4.42 Å². The van der Waals surface area contributed by atoms with E-state index >= 15 is 0 Å². The quantitative estimate of drug-likeness (QED) is 0.844. The lowest BCUT2D eigenvalue weighted by molar-refractivity contribution is -0.258. The summed E-state index contributed by atoms with van der Waals surface area (Å²) in [6.07, 6.45) is -11.4. The highest BCUT2D eigenvalue weighted by molar-refractivity contribution is 5.85. The molecule has 0 radical (unpaired) electrons. The third-order valence-electron chi connectivity index (χ3n) is 1.91. The second-order valence-electron chi connectivity index (χ2n) is 3.29. The van der Waals surface area contributed by atoms with Gasteiger partial charge in [0.25, 0.3) is 0 Å². The average Bonchev–Trinajstić information content (AvgIpc) is 2.41. The number of carboxylic acid groups (broad SMARTS) is 1. The first-order valence-corrected chi connectivity index (χ1v) is 4.28. The van der Waals surface area contributed by atoms with Crippen LogP contribution in [0.4, 0.5) is 26.3 Å². The van der Waals surface area contributed by atoms with Gasteiger partial charge in [-0.25, -0.2) is 9.78 Å². The van der Waals surface area contributed by atoms with E-state index in [0.29, 0.717) is 0 Å². The molecule has 0 aliphatic carbocycles. The molecule has 10 heteroatoms. The number of carbonyl (C=O) groups is 1. The first-order chi connectivity index (χ1) is 7.94. The fourth-order valence-corrected chi connectivity index (χ4v) is 1.20. The third kappa shape index (κ3) is 2.74. The zero-order valence-corrected chi connectivity index (χ0v) is 8.56. The van der Waals surface area contributed by atoms with Crippen LogP contribution in [-0.4, -0.2) is 28.4 Å². The first-order valence-electron chi connectivity index (χ1n) is 4.28. The second-order valence-corrected chi connectivity index (χ2v) is 3.29. The lowest BCUT2D eigenvalue weighted by Crippen LogP contribution is -2.34. The van der Waals surface area contributed by atoms with Crippen LogP contribution in [-0.2, 0) is 0 Å². The van der Waals surface area contributed by atoms with Crippen molar-refractivity contribution < 1.29 is 40.7 Å². The number of hydrogen-bond acceptors (Lipinski definition) is 3. The molecule has 1 aromatic rings. The Bertz CT molecular complexity index is 446. The summed E-state index contributed by atoms with van der Waals surface area (Å²) in [6.45, 7) is 0.931. The van der Waals surface area contributed by atoms with Crippen molar-refractivity contribution in [2.75, 3.05) is 0 Å². The molecule has 0 unspecified atom stereocenters. The van der Waals surface area contributed by atoms with Crippen molar-refractivity contribution >= 4 is 5.97 Å². The summed E-state index contributed by atoms with van der Waals surface area (Å²) in [5.41, 5.74) is -0.559. The summed E-state index contributed by atoms with van der Waals surface area (Å²) >= 11 is 0. The van der Waals surface area contributed by atoms with Gasteiger partial charge >= 0.3 is 18.3 Å². The summed E-state index contributed by atoms with van der Waals surface area (Å²) in [5, 5.41) is 8.47. The zero-order valence-electron chi connectivity index (χ0n) is 8.56. The Balaban J connectivity index is 3.32. The standard InChI is InChI=1S/C8H5F6NO3/c1-2-3(6(16)17)18-5(15-2)4(7(9,10)11)8(12,13)14/h4H,1H3,(H,16,17). The minimum absolute atomic E-state index is 0.559. The van der Waals surface area contributed by atoms with Gasteiger partial charge in [0.1, 0.15) is 0 Å². The number of hydrogen-bond donors (Lipinski definition) is 1. The van der Waals surface area contributed by atoms with Gasteiger partial charge in [0.2, 0.25) is 17.6 Å². The van der Waals surface area contributed by atoms with E-state index in [1.807, 2.05) is 0 Å². The van der Waals surface area contributed by atoms with Crippen LogP contribution in [0.2, 0.25) is 0 Å². The number of alkyl halides is 6.